The molecule has 0 radical (unpaired) electrons. The number of aryl methyl sites for hydroxylation is 1. The number of fused-ring (bicyclic) bond motifs is 1. The number of aromatic amines is 1. The van der Waals surface area contributed by atoms with Crippen LogP contribution in [0.25, 0.3) is 11.0 Å². The third-order valence-electron chi connectivity index (χ3n) is 6.02. The molecule has 1 aliphatic carbocycles. The van der Waals surface area contributed by atoms with E-state index in [0.717, 1.165) is 38.1 Å². The summed E-state index contributed by atoms with van der Waals surface area (Å²) in [4.78, 5) is 17.7. The molecule has 0 amide bonds. The lowest BCUT2D eigenvalue weighted by atomic mass is 9.78. The van der Waals surface area contributed by atoms with Gasteiger partial charge in [0.25, 0.3) is 0 Å². The van der Waals surface area contributed by atoms with Crippen LogP contribution < -0.4 is 5.69 Å². The molecule has 2 atom stereocenters. The Morgan fingerprint density at radius 3 is 2.58 bits per heavy atom. The second-order valence-corrected chi connectivity index (χ2v) is 7.57. The van der Waals surface area contributed by atoms with Crippen LogP contribution in [0.3, 0.4) is 0 Å². The Morgan fingerprint density at radius 1 is 1.23 bits per heavy atom. The molecule has 1 aliphatic heterocycles. The summed E-state index contributed by atoms with van der Waals surface area (Å²) in [5.41, 5.74) is 1.67. The van der Waals surface area contributed by atoms with Crippen molar-refractivity contribution < 1.29 is 9.13 Å². The average molecular weight is 384 g/mol. The number of imidazole rings is 1. The fraction of sp³-hybridized carbons (Fsp3) is 0.632. The maximum Gasteiger partial charge on any atom is 0.326 e. The first kappa shape index (κ1) is 19.4. The van der Waals surface area contributed by atoms with Gasteiger partial charge >= 0.3 is 5.69 Å². The van der Waals surface area contributed by atoms with Crippen LogP contribution in [0, 0.1) is 18.7 Å². The Bertz CT molecular complexity index is 826. The molecule has 144 valence electrons. The molecule has 5 nitrogen and oxygen atoms in total. The van der Waals surface area contributed by atoms with E-state index < -0.39 is 0 Å². The fourth-order valence-corrected chi connectivity index (χ4v) is 4.59. The van der Waals surface area contributed by atoms with E-state index >= 15 is 0 Å². The Morgan fingerprint density at radius 2 is 1.96 bits per heavy atom. The van der Waals surface area contributed by atoms with Crippen LogP contribution >= 0.6 is 12.4 Å². The number of nitrogens with one attached hydrogen (secondary N) is 1. The Labute approximate surface area is 158 Å². The van der Waals surface area contributed by atoms with E-state index in [-0.39, 0.29) is 30.0 Å². The standard InChI is InChI=1S/C19H26FN3O2.ClH/c1-12-9-15(20)18-17(10-12)23(19(24)21-18)14-5-7-22(8-6-14)16-4-3-13(16)11-25-2;/h9-10,13-14,16H,3-8,11H2,1-2H3,(H,21,24);1H. The normalized spacial score (nSPS) is 24.4. The van der Waals surface area contributed by atoms with E-state index in [4.69, 9.17) is 4.74 Å². The van der Waals surface area contributed by atoms with Crippen LogP contribution in [0.15, 0.2) is 16.9 Å². The van der Waals surface area contributed by atoms with Gasteiger partial charge in [0.1, 0.15) is 11.3 Å². The number of methoxy groups -OCH3 is 1. The van der Waals surface area contributed by atoms with Crippen molar-refractivity contribution in [3.05, 3.63) is 34.0 Å². The van der Waals surface area contributed by atoms with Gasteiger partial charge in [0.2, 0.25) is 0 Å². The van der Waals surface area contributed by atoms with Crippen molar-refractivity contribution in [2.75, 3.05) is 26.8 Å². The number of ether oxygens (including phenoxy) is 1. The molecule has 1 saturated carbocycles. The van der Waals surface area contributed by atoms with E-state index in [9.17, 15) is 9.18 Å². The number of piperidine rings is 1. The summed E-state index contributed by atoms with van der Waals surface area (Å²) in [7, 11) is 1.77. The molecule has 7 heteroatoms. The van der Waals surface area contributed by atoms with E-state index in [1.807, 2.05) is 13.0 Å². The highest BCUT2D eigenvalue weighted by Gasteiger charge is 2.37. The number of nitrogens with zero attached hydrogens (tertiary/aromatic N) is 2. The van der Waals surface area contributed by atoms with Gasteiger partial charge in [0, 0.05) is 32.3 Å². The summed E-state index contributed by atoms with van der Waals surface area (Å²) in [6.07, 6.45) is 4.35. The topological polar surface area (TPSA) is 50.3 Å². The maximum atomic E-state index is 14.1. The number of H-pyrrole nitrogens is 1. The predicted octanol–water partition coefficient (Wildman–Crippen LogP) is 3.26. The Hall–Kier alpha value is -1.37. The molecule has 1 N–H and O–H groups in total. The van der Waals surface area contributed by atoms with Crippen LogP contribution in [0.5, 0.6) is 0 Å². The summed E-state index contributed by atoms with van der Waals surface area (Å²) in [5, 5.41) is 0. The molecule has 2 heterocycles. The van der Waals surface area contributed by atoms with Gasteiger partial charge in [-0.1, -0.05) is 0 Å². The van der Waals surface area contributed by atoms with Gasteiger partial charge in [-0.2, -0.15) is 0 Å². The molecule has 1 saturated heterocycles. The predicted molar refractivity (Wildman–Crippen MR) is 103 cm³/mol. The highest BCUT2D eigenvalue weighted by atomic mass is 35.5. The van der Waals surface area contributed by atoms with Crippen LogP contribution in [0.2, 0.25) is 0 Å². The minimum Gasteiger partial charge on any atom is -0.384 e. The molecule has 0 bridgehead atoms. The van der Waals surface area contributed by atoms with Crippen molar-refractivity contribution in [2.24, 2.45) is 5.92 Å². The minimum absolute atomic E-state index is 0. The molecule has 2 unspecified atom stereocenters. The van der Waals surface area contributed by atoms with Crippen LogP contribution in [-0.4, -0.2) is 47.3 Å². The first-order valence-electron chi connectivity index (χ1n) is 9.22. The molecule has 1 aromatic heterocycles. The van der Waals surface area contributed by atoms with Crippen molar-refractivity contribution >= 4 is 23.4 Å². The van der Waals surface area contributed by atoms with Crippen LogP contribution in [0.1, 0.15) is 37.3 Å². The first-order valence-corrected chi connectivity index (χ1v) is 9.22. The molecular formula is C19H27ClFN3O2. The van der Waals surface area contributed by atoms with E-state index in [2.05, 4.69) is 9.88 Å². The smallest absolute Gasteiger partial charge is 0.326 e. The van der Waals surface area contributed by atoms with E-state index in [1.54, 1.807) is 11.7 Å². The zero-order chi connectivity index (χ0) is 17.6. The number of likely N-dealkylation sites (tertiary alicyclic amines) is 1. The molecule has 4 rings (SSSR count). The van der Waals surface area contributed by atoms with Crippen molar-refractivity contribution in [2.45, 2.75) is 44.7 Å². The summed E-state index contributed by atoms with van der Waals surface area (Å²) >= 11 is 0. The maximum absolute atomic E-state index is 14.1. The largest absolute Gasteiger partial charge is 0.384 e. The van der Waals surface area contributed by atoms with Crippen molar-refractivity contribution in [1.82, 2.24) is 14.5 Å². The first-order chi connectivity index (χ1) is 12.1. The summed E-state index contributed by atoms with van der Waals surface area (Å²) in [6.45, 7) is 4.68. The lowest BCUT2D eigenvalue weighted by molar-refractivity contribution is -0.00343. The molecule has 2 aromatic rings. The van der Waals surface area contributed by atoms with Gasteiger partial charge in [-0.15, -0.1) is 12.4 Å². The van der Waals surface area contributed by atoms with Gasteiger partial charge in [-0.25, -0.2) is 9.18 Å². The lowest BCUT2D eigenvalue weighted by Crippen LogP contribution is -2.51. The Balaban J connectivity index is 0.00000196. The van der Waals surface area contributed by atoms with Gasteiger partial charge in [-0.05, 0) is 56.2 Å². The van der Waals surface area contributed by atoms with Gasteiger partial charge in [0.05, 0.1) is 12.1 Å². The number of hydrogen-bond acceptors (Lipinski definition) is 3. The number of benzene rings is 1. The molecule has 2 aliphatic rings. The highest BCUT2D eigenvalue weighted by molar-refractivity contribution is 5.85. The number of rotatable bonds is 4. The second-order valence-electron chi connectivity index (χ2n) is 7.57. The molecule has 0 spiro atoms. The fourth-order valence-electron chi connectivity index (χ4n) is 4.59. The zero-order valence-corrected chi connectivity index (χ0v) is 16.2. The number of halogens is 2. The molecule has 2 fully saturated rings. The van der Waals surface area contributed by atoms with Gasteiger partial charge < -0.3 is 9.72 Å². The average Bonchev–Trinajstić information content (AvgIpc) is 2.89. The number of hydrogen-bond donors (Lipinski definition) is 1. The molecular weight excluding hydrogens is 357 g/mol. The highest BCUT2D eigenvalue weighted by Crippen LogP contribution is 2.36. The summed E-state index contributed by atoms with van der Waals surface area (Å²) < 4.78 is 21.2. The second kappa shape index (κ2) is 7.71. The molecule has 1 aromatic carbocycles. The van der Waals surface area contributed by atoms with Crippen LogP contribution in [0.4, 0.5) is 4.39 Å². The monoisotopic (exact) mass is 383 g/mol. The van der Waals surface area contributed by atoms with E-state index in [1.165, 1.54) is 18.9 Å². The lowest BCUT2D eigenvalue weighted by Gasteiger charge is -2.47. The van der Waals surface area contributed by atoms with Crippen LogP contribution in [-0.2, 0) is 4.74 Å². The summed E-state index contributed by atoms with van der Waals surface area (Å²) in [5.74, 6) is 0.300. The van der Waals surface area contributed by atoms with Gasteiger partial charge in [0.15, 0.2) is 0 Å². The number of aromatic nitrogens is 2. The van der Waals surface area contributed by atoms with Gasteiger partial charge in [-0.3, -0.25) is 9.47 Å². The zero-order valence-electron chi connectivity index (χ0n) is 15.3. The third-order valence-corrected chi connectivity index (χ3v) is 6.02. The Kier molecular flexibility index (Phi) is 5.75. The quantitative estimate of drug-likeness (QED) is 0.881. The van der Waals surface area contributed by atoms with Crippen molar-refractivity contribution in [3.8, 4) is 0 Å². The van der Waals surface area contributed by atoms with Crippen molar-refractivity contribution in [3.63, 3.8) is 0 Å². The SMILES string of the molecule is COCC1CCC1N1CCC(n2c(=O)[nH]c3c(F)cc(C)cc32)CC1.Cl. The van der Waals surface area contributed by atoms with E-state index in [0.29, 0.717) is 23.0 Å². The third kappa shape index (κ3) is 3.30. The minimum atomic E-state index is -0.347. The van der Waals surface area contributed by atoms with Crippen molar-refractivity contribution in [1.29, 1.82) is 0 Å². The summed E-state index contributed by atoms with van der Waals surface area (Å²) in [6, 6.07) is 4.14. The molecule has 26 heavy (non-hydrogen) atoms.